The Morgan fingerprint density at radius 3 is 1.89 bits per heavy atom. The first-order valence-electron chi connectivity index (χ1n) is 6.43. The van der Waals surface area contributed by atoms with Crippen molar-refractivity contribution in [2.45, 2.75) is 56.3 Å². The fourth-order valence-corrected chi connectivity index (χ4v) is 1.84. The van der Waals surface area contributed by atoms with Crippen molar-refractivity contribution in [3.05, 3.63) is 0 Å². The van der Waals surface area contributed by atoms with Gasteiger partial charge in [-0.3, -0.25) is 0 Å². The van der Waals surface area contributed by atoms with Gasteiger partial charge in [0.25, 0.3) is 0 Å². The van der Waals surface area contributed by atoms with Crippen LogP contribution in [0.1, 0.15) is 38.5 Å². The second-order valence-corrected chi connectivity index (χ2v) is 4.67. The molecule has 6 N–H and O–H groups in total. The summed E-state index contributed by atoms with van der Waals surface area (Å²) in [6.07, 6.45) is -0.225. The lowest BCUT2D eigenvalue weighted by Crippen LogP contribution is -2.51. The van der Waals surface area contributed by atoms with Gasteiger partial charge in [0.1, 0.15) is 11.7 Å². The minimum absolute atomic E-state index is 0.0172. The van der Waals surface area contributed by atoms with Crippen LogP contribution in [-0.2, 0) is 0 Å². The third-order valence-corrected chi connectivity index (χ3v) is 3.11. The molecule has 0 aliphatic carbocycles. The van der Waals surface area contributed by atoms with E-state index in [1.54, 1.807) is 0 Å². The average Bonchev–Trinajstić information content (AvgIpc) is 2.38. The SMILES string of the molecule is OCCCC[C@H](O)[C@H](O)[C@](O)(CO)CCCCO. The smallest absolute Gasteiger partial charge is 0.116 e. The Morgan fingerprint density at radius 1 is 0.833 bits per heavy atom. The molecule has 0 aliphatic heterocycles. The van der Waals surface area contributed by atoms with Crippen molar-refractivity contribution in [2.24, 2.45) is 0 Å². The summed E-state index contributed by atoms with van der Waals surface area (Å²) in [6, 6.07) is 0. The number of aliphatic hydroxyl groups excluding tert-OH is 5. The number of hydrogen-bond donors (Lipinski definition) is 6. The van der Waals surface area contributed by atoms with Gasteiger partial charge in [-0.05, 0) is 38.5 Å². The first kappa shape index (κ1) is 17.8. The minimum Gasteiger partial charge on any atom is -0.396 e. The summed E-state index contributed by atoms with van der Waals surface area (Å²) in [4.78, 5) is 0. The van der Waals surface area contributed by atoms with Gasteiger partial charge in [0.05, 0.1) is 12.7 Å². The van der Waals surface area contributed by atoms with Crippen LogP contribution in [0.2, 0.25) is 0 Å². The second kappa shape index (κ2) is 9.66. The van der Waals surface area contributed by atoms with E-state index in [4.69, 9.17) is 15.3 Å². The Kier molecular flexibility index (Phi) is 9.53. The molecular formula is C12H26O6. The molecule has 0 bridgehead atoms. The topological polar surface area (TPSA) is 121 Å². The predicted molar refractivity (Wildman–Crippen MR) is 65.9 cm³/mol. The molecule has 6 heteroatoms. The van der Waals surface area contributed by atoms with Crippen molar-refractivity contribution in [2.75, 3.05) is 19.8 Å². The van der Waals surface area contributed by atoms with Gasteiger partial charge < -0.3 is 30.6 Å². The third kappa shape index (κ3) is 6.08. The Hall–Kier alpha value is -0.240. The lowest BCUT2D eigenvalue weighted by atomic mass is 9.86. The highest BCUT2D eigenvalue weighted by molar-refractivity contribution is 4.90. The summed E-state index contributed by atoms with van der Waals surface area (Å²) in [5.74, 6) is 0. The Labute approximate surface area is 108 Å². The molecule has 0 radical (unpaired) electrons. The van der Waals surface area contributed by atoms with Gasteiger partial charge in [-0.15, -0.1) is 0 Å². The van der Waals surface area contributed by atoms with Gasteiger partial charge in [-0.1, -0.05) is 0 Å². The first-order valence-corrected chi connectivity index (χ1v) is 6.43. The van der Waals surface area contributed by atoms with Crippen molar-refractivity contribution in [1.29, 1.82) is 0 Å². The Bertz CT molecular complexity index is 201. The third-order valence-electron chi connectivity index (χ3n) is 3.11. The van der Waals surface area contributed by atoms with Gasteiger partial charge in [0, 0.05) is 13.2 Å². The fraction of sp³-hybridized carbons (Fsp3) is 1.00. The van der Waals surface area contributed by atoms with Gasteiger partial charge in [-0.25, -0.2) is 0 Å². The summed E-state index contributed by atoms with van der Waals surface area (Å²) in [5, 5.41) is 56.0. The van der Waals surface area contributed by atoms with Crippen LogP contribution in [0.4, 0.5) is 0 Å². The largest absolute Gasteiger partial charge is 0.396 e. The molecule has 6 nitrogen and oxygen atoms in total. The quantitative estimate of drug-likeness (QED) is 0.260. The van der Waals surface area contributed by atoms with Gasteiger partial charge >= 0.3 is 0 Å². The number of unbranched alkanes of at least 4 members (excludes halogenated alkanes) is 2. The van der Waals surface area contributed by atoms with Crippen LogP contribution in [0, 0.1) is 0 Å². The molecular weight excluding hydrogens is 240 g/mol. The maximum absolute atomic E-state index is 10.1. The lowest BCUT2D eigenvalue weighted by Gasteiger charge is -2.34. The van der Waals surface area contributed by atoms with Crippen LogP contribution in [0.3, 0.4) is 0 Å². The number of rotatable bonds is 11. The van der Waals surface area contributed by atoms with Crippen LogP contribution in [0.15, 0.2) is 0 Å². The van der Waals surface area contributed by atoms with E-state index in [0.717, 1.165) is 0 Å². The number of hydrogen-bond acceptors (Lipinski definition) is 6. The van der Waals surface area contributed by atoms with Crippen LogP contribution >= 0.6 is 0 Å². The molecule has 3 atom stereocenters. The van der Waals surface area contributed by atoms with Crippen LogP contribution in [-0.4, -0.2) is 68.3 Å². The van der Waals surface area contributed by atoms with E-state index < -0.39 is 24.4 Å². The van der Waals surface area contributed by atoms with Gasteiger partial charge in [0.15, 0.2) is 0 Å². The molecule has 0 heterocycles. The standard InChI is InChI=1S/C12H26O6/c13-7-3-1-5-10(16)11(17)12(18,9-15)6-2-4-8-14/h10-11,13-18H,1-9H2/t10-,11-,12+/m0/s1. The molecule has 0 aromatic heterocycles. The zero-order valence-corrected chi connectivity index (χ0v) is 10.7. The minimum atomic E-state index is -1.74. The maximum Gasteiger partial charge on any atom is 0.116 e. The molecule has 0 unspecified atom stereocenters. The fourth-order valence-electron chi connectivity index (χ4n) is 1.84. The van der Waals surface area contributed by atoms with Gasteiger partial charge in [-0.2, -0.15) is 0 Å². The van der Waals surface area contributed by atoms with Crippen LogP contribution < -0.4 is 0 Å². The van der Waals surface area contributed by atoms with E-state index in [9.17, 15) is 15.3 Å². The highest BCUT2D eigenvalue weighted by Gasteiger charge is 2.38. The predicted octanol–water partition coefficient (Wildman–Crippen LogP) is -1.24. The maximum atomic E-state index is 10.1. The summed E-state index contributed by atoms with van der Waals surface area (Å²) in [6.45, 7) is -0.642. The van der Waals surface area contributed by atoms with E-state index in [1.165, 1.54) is 0 Å². The molecule has 110 valence electrons. The Balaban J connectivity index is 4.23. The van der Waals surface area contributed by atoms with E-state index in [-0.39, 0.29) is 26.1 Å². The first-order chi connectivity index (χ1) is 8.51. The normalized spacial score (nSPS) is 18.3. The zero-order chi connectivity index (χ0) is 14.0. The van der Waals surface area contributed by atoms with E-state index in [1.807, 2.05) is 0 Å². The molecule has 0 fully saturated rings. The zero-order valence-electron chi connectivity index (χ0n) is 10.7. The molecule has 0 amide bonds. The van der Waals surface area contributed by atoms with E-state index >= 15 is 0 Å². The monoisotopic (exact) mass is 266 g/mol. The molecule has 0 saturated heterocycles. The molecule has 0 saturated carbocycles. The van der Waals surface area contributed by atoms with E-state index in [2.05, 4.69) is 0 Å². The van der Waals surface area contributed by atoms with Crippen molar-refractivity contribution < 1.29 is 30.6 Å². The number of aliphatic hydroxyl groups is 6. The molecule has 18 heavy (non-hydrogen) atoms. The summed E-state index contributed by atoms with van der Waals surface area (Å²) in [7, 11) is 0. The molecule has 0 aromatic rings. The second-order valence-electron chi connectivity index (χ2n) is 4.67. The highest BCUT2D eigenvalue weighted by atomic mass is 16.4. The molecule has 0 aromatic carbocycles. The van der Waals surface area contributed by atoms with Gasteiger partial charge in [0.2, 0.25) is 0 Å². The molecule has 0 rings (SSSR count). The highest BCUT2D eigenvalue weighted by Crippen LogP contribution is 2.23. The van der Waals surface area contributed by atoms with E-state index in [0.29, 0.717) is 25.7 Å². The lowest BCUT2D eigenvalue weighted by molar-refractivity contribution is -0.151. The van der Waals surface area contributed by atoms with Crippen molar-refractivity contribution in [3.8, 4) is 0 Å². The summed E-state index contributed by atoms with van der Waals surface area (Å²) in [5.41, 5.74) is -1.74. The Morgan fingerprint density at radius 2 is 1.39 bits per heavy atom. The van der Waals surface area contributed by atoms with Crippen LogP contribution in [0.25, 0.3) is 0 Å². The van der Waals surface area contributed by atoms with Crippen molar-refractivity contribution in [3.63, 3.8) is 0 Å². The van der Waals surface area contributed by atoms with Crippen molar-refractivity contribution >= 4 is 0 Å². The van der Waals surface area contributed by atoms with Crippen LogP contribution in [0.5, 0.6) is 0 Å². The average molecular weight is 266 g/mol. The molecule has 0 spiro atoms. The van der Waals surface area contributed by atoms with Crippen molar-refractivity contribution in [1.82, 2.24) is 0 Å². The summed E-state index contributed by atoms with van der Waals surface area (Å²) < 4.78 is 0. The summed E-state index contributed by atoms with van der Waals surface area (Å²) >= 11 is 0. The molecule has 0 aliphatic rings.